The lowest BCUT2D eigenvalue weighted by Crippen LogP contribution is -2.37. The van der Waals surface area contributed by atoms with Crippen molar-refractivity contribution in [3.05, 3.63) is 35.6 Å². The zero-order valence-electron chi connectivity index (χ0n) is 9.53. The molecule has 1 aliphatic rings. The van der Waals surface area contributed by atoms with Gasteiger partial charge in [-0.1, -0.05) is 6.07 Å². The van der Waals surface area contributed by atoms with Gasteiger partial charge in [0.05, 0.1) is 0 Å². The zero-order valence-corrected chi connectivity index (χ0v) is 9.53. The predicted molar refractivity (Wildman–Crippen MR) is 62.1 cm³/mol. The Kier molecular flexibility index (Phi) is 3.74. The number of hydrogen-bond acceptors (Lipinski definition) is 2. The fourth-order valence-corrected chi connectivity index (χ4v) is 1.94. The molecule has 2 rings (SSSR count). The number of hydrogen-bond donors (Lipinski definition) is 2. The van der Waals surface area contributed by atoms with Crippen LogP contribution in [-0.4, -0.2) is 23.7 Å². The molecule has 0 aliphatic heterocycles. The van der Waals surface area contributed by atoms with Crippen molar-refractivity contribution in [2.75, 3.05) is 6.61 Å². The second-order valence-corrected chi connectivity index (χ2v) is 4.44. The fraction of sp³-hybridized carbons (Fsp3) is 0.462. The molecule has 0 bridgehead atoms. The maximum atomic E-state index is 13.0. The van der Waals surface area contributed by atoms with Crippen LogP contribution in [0.5, 0.6) is 0 Å². The molecule has 0 radical (unpaired) electrons. The third-order valence-corrected chi connectivity index (χ3v) is 3.03. The van der Waals surface area contributed by atoms with E-state index in [4.69, 9.17) is 5.11 Å². The van der Waals surface area contributed by atoms with Crippen molar-refractivity contribution in [1.29, 1.82) is 0 Å². The van der Waals surface area contributed by atoms with Crippen LogP contribution in [0, 0.1) is 11.7 Å². The number of aliphatic hydroxyl groups excluding tert-OH is 1. The average molecular weight is 237 g/mol. The number of aliphatic hydroxyl groups is 1. The Hall–Kier alpha value is -1.42. The number of rotatable bonds is 5. The average Bonchev–Trinajstić information content (AvgIpc) is 3.12. The van der Waals surface area contributed by atoms with Gasteiger partial charge >= 0.3 is 0 Å². The van der Waals surface area contributed by atoms with Gasteiger partial charge in [-0.25, -0.2) is 4.39 Å². The van der Waals surface area contributed by atoms with Gasteiger partial charge in [0.1, 0.15) is 5.82 Å². The highest BCUT2D eigenvalue weighted by Gasteiger charge is 2.31. The van der Waals surface area contributed by atoms with Crippen molar-refractivity contribution in [3.8, 4) is 0 Å². The van der Waals surface area contributed by atoms with Gasteiger partial charge < -0.3 is 10.4 Å². The van der Waals surface area contributed by atoms with Crippen molar-refractivity contribution in [2.24, 2.45) is 5.92 Å². The van der Waals surface area contributed by atoms with Crippen molar-refractivity contribution in [1.82, 2.24) is 5.32 Å². The molecule has 92 valence electrons. The Labute approximate surface area is 99.7 Å². The first kappa shape index (κ1) is 12.0. The van der Waals surface area contributed by atoms with E-state index in [-0.39, 0.29) is 18.6 Å². The molecule has 1 unspecified atom stereocenters. The number of carbonyl (C=O) groups is 1. The lowest BCUT2D eigenvalue weighted by atomic mass is 10.1. The number of benzene rings is 1. The molecule has 0 aromatic heterocycles. The van der Waals surface area contributed by atoms with Crippen molar-refractivity contribution in [3.63, 3.8) is 0 Å². The molecule has 17 heavy (non-hydrogen) atoms. The molecule has 1 aliphatic carbocycles. The molecule has 0 saturated heterocycles. The van der Waals surface area contributed by atoms with E-state index in [1.54, 1.807) is 6.07 Å². The Morgan fingerprint density at radius 1 is 1.53 bits per heavy atom. The van der Waals surface area contributed by atoms with E-state index in [1.165, 1.54) is 18.2 Å². The Bertz CT molecular complexity index is 404. The Balaban J connectivity index is 1.99. The molecule has 1 saturated carbocycles. The Morgan fingerprint density at radius 2 is 2.29 bits per heavy atom. The summed E-state index contributed by atoms with van der Waals surface area (Å²) >= 11 is 0. The summed E-state index contributed by atoms with van der Waals surface area (Å²) in [6.07, 6.45) is 2.74. The third-order valence-electron chi connectivity index (χ3n) is 3.03. The van der Waals surface area contributed by atoms with Crippen LogP contribution in [0.25, 0.3) is 0 Å². The molecule has 0 spiro atoms. The highest BCUT2D eigenvalue weighted by molar-refractivity contribution is 5.94. The molecule has 4 heteroatoms. The van der Waals surface area contributed by atoms with Gasteiger partial charge in [0.2, 0.25) is 0 Å². The van der Waals surface area contributed by atoms with Crippen LogP contribution in [0.2, 0.25) is 0 Å². The second-order valence-electron chi connectivity index (χ2n) is 4.44. The minimum atomic E-state index is -0.414. The largest absolute Gasteiger partial charge is 0.396 e. The summed E-state index contributed by atoms with van der Waals surface area (Å²) in [4.78, 5) is 11.9. The third kappa shape index (κ3) is 3.27. The topological polar surface area (TPSA) is 49.3 Å². The van der Waals surface area contributed by atoms with Crippen LogP contribution in [0.3, 0.4) is 0 Å². The van der Waals surface area contributed by atoms with Gasteiger partial charge in [-0.15, -0.1) is 0 Å². The van der Waals surface area contributed by atoms with Gasteiger partial charge in [-0.05, 0) is 43.4 Å². The normalized spacial score (nSPS) is 16.6. The second kappa shape index (κ2) is 5.27. The molecule has 1 atom stereocenters. The summed E-state index contributed by atoms with van der Waals surface area (Å²) in [5, 5.41) is 11.8. The molecule has 2 N–H and O–H groups in total. The number of halogens is 1. The van der Waals surface area contributed by atoms with Gasteiger partial charge in [0.15, 0.2) is 0 Å². The summed E-state index contributed by atoms with van der Waals surface area (Å²) < 4.78 is 13.0. The summed E-state index contributed by atoms with van der Waals surface area (Å²) in [7, 11) is 0. The quantitative estimate of drug-likeness (QED) is 0.819. The van der Waals surface area contributed by atoms with Crippen LogP contribution in [0.1, 0.15) is 29.6 Å². The molecule has 0 heterocycles. The van der Waals surface area contributed by atoms with Crippen molar-refractivity contribution < 1.29 is 14.3 Å². The van der Waals surface area contributed by atoms with Crippen molar-refractivity contribution in [2.45, 2.75) is 25.3 Å². The number of carbonyl (C=O) groups excluding carboxylic acids is 1. The first-order chi connectivity index (χ1) is 8.20. The molecular weight excluding hydrogens is 221 g/mol. The zero-order chi connectivity index (χ0) is 12.3. The van der Waals surface area contributed by atoms with E-state index in [1.807, 2.05) is 0 Å². The molecular formula is C13H16FNO2. The minimum absolute atomic E-state index is 0.00997. The molecule has 1 fully saturated rings. The lowest BCUT2D eigenvalue weighted by molar-refractivity contribution is 0.0924. The number of nitrogens with one attached hydrogen (secondary N) is 1. The van der Waals surface area contributed by atoms with Gasteiger partial charge in [-0.3, -0.25) is 4.79 Å². The summed E-state index contributed by atoms with van der Waals surface area (Å²) in [6, 6.07) is 5.64. The summed E-state index contributed by atoms with van der Waals surface area (Å²) in [6.45, 7) is 0.0601. The van der Waals surface area contributed by atoms with Crippen LogP contribution in [0.4, 0.5) is 4.39 Å². The maximum absolute atomic E-state index is 13.0. The first-order valence-corrected chi connectivity index (χ1v) is 5.88. The maximum Gasteiger partial charge on any atom is 0.251 e. The summed E-state index contributed by atoms with van der Waals surface area (Å²) in [5.74, 6) is -0.211. The molecule has 1 amide bonds. The smallest absolute Gasteiger partial charge is 0.251 e. The van der Waals surface area contributed by atoms with Crippen LogP contribution >= 0.6 is 0 Å². The van der Waals surface area contributed by atoms with E-state index in [0.29, 0.717) is 17.9 Å². The van der Waals surface area contributed by atoms with E-state index < -0.39 is 5.82 Å². The van der Waals surface area contributed by atoms with E-state index in [9.17, 15) is 9.18 Å². The standard InChI is InChI=1S/C13H16FNO2/c14-11-3-1-2-10(8-11)13(17)15-12(6-7-16)9-4-5-9/h1-3,8-9,12,16H,4-7H2,(H,15,17). The predicted octanol–water partition coefficient (Wildman–Crippen LogP) is 1.72. The van der Waals surface area contributed by atoms with Crippen LogP contribution in [0.15, 0.2) is 24.3 Å². The highest BCUT2D eigenvalue weighted by Crippen LogP contribution is 2.34. The lowest BCUT2D eigenvalue weighted by Gasteiger charge is -2.17. The molecule has 1 aromatic carbocycles. The van der Waals surface area contributed by atoms with Crippen LogP contribution in [-0.2, 0) is 0 Å². The van der Waals surface area contributed by atoms with Gasteiger partial charge in [-0.2, -0.15) is 0 Å². The van der Waals surface area contributed by atoms with E-state index >= 15 is 0 Å². The summed E-state index contributed by atoms with van der Waals surface area (Å²) in [5.41, 5.74) is 0.327. The van der Waals surface area contributed by atoms with E-state index in [0.717, 1.165) is 12.8 Å². The monoisotopic (exact) mass is 237 g/mol. The van der Waals surface area contributed by atoms with E-state index in [2.05, 4.69) is 5.32 Å². The van der Waals surface area contributed by atoms with Gasteiger partial charge in [0.25, 0.3) is 5.91 Å². The Morgan fingerprint density at radius 3 is 2.88 bits per heavy atom. The highest BCUT2D eigenvalue weighted by atomic mass is 19.1. The molecule has 3 nitrogen and oxygen atoms in total. The fourth-order valence-electron chi connectivity index (χ4n) is 1.94. The minimum Gasteiger partial charge on any atom is -0.396 e. The van der Waals surface area contributed by atoms with Crippen molar-refractivity contribution >= 4 is 5.91 Å². The first-order valence-electron chi connectivity index (χ1n) is 5.88. The van der Waals surface area contributed by atoms with Crippen LogP contribution < -0.4 is 5.32 Å². The van der Waals surface area contributed by atoms with Gasteiger partial charge in [0, 0.05) is 18.2 Å². The molecule has 1 aromatic rings. The SMILES string of the molecule is O=C(NC(CCO)C1CC1)c1cccc(F)c1. The number of amides is 1.